The van der Waals surface area contributed by atoms with Crippen LogP contribution in [0, 0.1) is 17.5 Å². The molecule has 0 aliphatic heterocycles. The molecule has 0 saturated heterocycles. The Labute approximate surface area is 216 Å². The molecule has 0 fully saturated rings. The first-order valence-electron chi connectivity index (χ1n) is 10.9. The van der Waals surface area contributed by atoms with E-state index < -0.39 is 35.4 Å². The first-order chi connectivity index (χ1) is 18.1. The molecule has 0 aliphatic carbocycles. The highest BCUT2D eigenvalue weighted by Gasteiger charge is 2.19. The molecular formula is C24H17ClF3N7O3. The van der Waals surface area contributed by atoms with Gasteiger partial charge in [-0.25, -0.2) is 27.3 Å². The fourth-order valence-corrected chi connectivity index (χ4v) is 4.07. The van der Waals surface area contributed by atoms with Crippen LogP contribution in [0.4, 0.5) is 24.8 Å². The van der Waals surface area contributed by atoms with E-state index in [9.17, 15) is 22.8 Å². The van der Waals surface area contributed by atoms with Crippen LogP contribution < -0.4 is 21.4 Å². The average Bonchev–Trinajstić information content (AvgIpc) is 3.23. The highest BCUT2D eigenvalue weighted by atomic mass is 35.5. The van der Waals surface area contributed by atoms with Crippen LogP contribution in [0.25, 0.3) is 16.6 Å². The van der Waals surface area contributed by atoms with Gasteiger partial charge in [0, 0.05) is 24.7 Å². The Bertz CT molecular complexity index is 1810. The lowest BCUT2D eigenvalue weighted by molar-refractivity contribution is 0.412. The number of aromatic nitrogens is 6. The molecule has 10 nitrogen and oxygen atoms in total. The highest BCUT2D eigenvalue weighted by molar-refractivity contribution is 6.34. The van der Waals surface area contributed by atoms with Crippen molar-refractivity contribution in [2.75, 3.05) is 12.4 Å². The Hall–Kier alpha value is -4.65. The van der Waals surface area contributed by atoms with Crippen molar-refractivity contribution in [3.8, 4) is 11.4 Å². The number of hydrogen-bond acceptors (Lipinski definition) is 7. The van der Waals surface area contributed by atoms with Crippen LogP contribution in [0.15, 0.2) is 58.5 Å². The molecule has 38 heavy (non-hydrogen) atoms. The molecular weight excluding hydrogens is 527 g/mol. The predicted molar refractivity (Wildman–Crippen MR) is 133 cm³/mol. The summed E-state index contributed by atoms with van der Waals surface area (Å²) in [6.45, 7) is -0.479. The van der Waals surface area contributed by atoms with E-state index in [-0.39, 0.29) is 33.7 Å². The molecule has 194 valence electrons. The lowest BCUT2D eigenvalue weighted by Crippen LogP contribution is -2.41. The predicted octanol–water partition coefficient (Wildman–Crippen LogP) is 3.55. The minimum atomic E-state index is -1.65. The molecule has 0 atom stereocenters. The molecule has 3 heterocycles. The van der Waals surface area contributed by atoms with E-state index in [1.54, 1.807) is 30.1 Å². The largest absolute Gasteiger partial charge is 0.495 e. The highest BCUT2D eigenvalue weighted by Crippen LogP contribution is 2.29. The number of rotatable bonds is 6. The van der Waals surface area contributed by atoms with Crippen molar-refractivity contribution in [2.24, 2.45) is 7.05 Å². The summed E-state index contributed by atoms with van der Waals surface area (Å²) in [6.07, 6.45) is 4.35. The zero-order valence-electron chi connectivity index (χ0n) is 19.7. The van der Waals surface area contributed by atoms with E-state index in [1.807, 2.05) is 0 Å². The van der Waals surface area contributed by atoms with Gasteiger partial charge in [-0.1, -0.05) is 11.6 Å². The summed E-state index contributed by atoms with van der Waals surface area (Å²) < 4.78 is 49.8. The number of anilines is 2. The van der Waals surface area contributed by atoms with Crippen molar-refractivity contribution in [3.63, 3.8) is 0 Å². The quantitative estimate of drug-likeness (QED) is 0.326. The third kappa shape index (κ3) is 4.59. The normalized spacial score (nSPS) is 11.2. The van der Waals surface area contributed by atoms with Crippen molar-refractivity contribution < 1.29 is 17.9 Å². The van der Waals surface area contributed by atoms with E-state index >= 15 is 0 Å². The standard InChI is InChI=1S/C24H17ClF3N7O3/c1-33-11-13-5-20(16(25)7-19(13)32-33)30-22-31-23(36)35(14-6-15(38-2)9-29-8-14)24(37)34(22)10-12-3-17(26)21(28)18(27)4-12/h3-9,11H,10H2,1-2H3,(H,30,31,36). The Kier molecular flexibility index (Phi) is 6.36. The summed E-state index contributed by atoms with van der Waals surface area (Å²) >= 11 is 6.40. The molecule has 5 aromatic rings. The number of nitrogens with zero attached hydrogens (tertiary/aromatic N) is 6. The van der Waals surface area contributed by atoms with E-state index in [0.717, 1.165) is 16.7 Å². The molecule has 0 spiro atoms. The van der Waals surface area contributed by atoms with Crippen LogP contribution in [0.1, 0.15) is 5.56 Å². The molecule has 0 saturated carbocycles. The van der Waals surface area contributed by atoms with Gasteiger partial charge in [-0.05, 0) is 29.8 Å². The van der Waals surface area contributed by atoms with E-state index in [1.165, 1.54) is 25.6 Å². The summed E-state index contributed by atoms with van der Waals surface area (Å²) in [5.74, 6) is -4.54. The number of pyridine rings is 1. The van der Waals surface area contributed by atoms with Crippen LogP contribution in [-0.2, 0) is 13.6 Å². The molecule has 1 N–H and O–H groups in total. The van der Waals surface area contributed by atoms with Gasteiger partial charge in [-0.3, -0.25) is 14.2 Å². The van der Waals surface area contributed by atoms with Gasteiger partial charge in [-0.15, -0.1) is 0 Å². The van der Waals surface area contributed by atoms with Crippen molar-refractivity contribution in [1.29, 1.82) is 0 Å². The Balaban J connectivity index is 1.69. The number of nitrogens with one attached hydrogen (secondary N) is 1. The van der Waals surface area contributed by atoms with Gasteiger partial charge in [0.2, 0.25) is 5.95 Å². The van der Waals surface area contributed by atoms with Crippen molar-refractivity contribution in [3.05, 3.63) is 97.9 Å². The topological polar surface area (TPSA) is 109 Å². The monoisotopic (exact) mass is 543 g/mol. The van der Waals surface area contributed by atoms with E-state index in [4.69, 9.17) is 16.3 Å². The van der Waals surface area contributed by atoms with Gasteiger partial charge >= 0.3 is 11.4 Å². The zero-order valence-corrected chi connectivity index (χ0v) is 20.5. The smallest absolute Gasteiger partial charge is 0.359 e. The second-order valence-corrected chi connectivity index (χ2v) is 8.60. The SMILES string of the molecule is COc1cncc(-n2c(=O)nc(Nc3cc4cn(C)nc4cc3Cl)n(Cc3cc(F)c(F)c(F)c3)c2=O)c1. The number of aryl methyl sites for hydroxylation is 1. The van der Waals surface area contributed by atoms with Crippen LogP contribution >= 0.6 is 11.6 Å². The second-order valence-electron chi connectivity index (χ2n) is 8.20. The van der Waals surface area contributed by atoms with Crippen LogP contribution in [0.2, 0.25) is 5.02 Å². The summed E-state index contributed by atoms with van der Waals surface area (Å²) in [7, 11) is 3.11. The molecule has 0 aliphatic rings. The molecule has 14 heteroatoms. The average molecular weight is 544 g/mol. The van der Waals surface area contributed by atoms with E-state index in [2.05, 4.69) is 20.4 Å². The Morgan fingerprint density at radius 1 is 1.05 bits per heavy atom. The maximum absolute atomic E-state index is 13.9. The molecule has 2 aromatic carbocycles. The number of ether oxygens (including phenoxy) is 1. The number of benzene rings is 2. The van der Waals surface area contributed by atoms with Crippen LogP contribution in [0.5, 0.6) is 5.75 Å². The summed E-state index contributed by atoms with van der Waals surface area (Å²) in [5, 5.41) is 8.03. The first kappa shape index (κ1) is 25.0. The Morgan fingerprint density at radius 2 is 1.79 bits per heavy atom. The third-order valence-corrected chi connectivity index (χ3v) is 5.91. The zero-order chi connectivity index (χ0) is 27.1. The Morgan fingerprint density at radius 3 is 2.50 bits per heavy atom. The van der Waals surface area contributed by atoms with Gasteiger partial charge in [0.1, 0.15) is 5.75 Å². The van der Waals surface area contributed by atoms with Crippen molar-refractivity contribution in [1.82, 2.24) is 28.9 Å². The maximum atomic E-state index is 13.9. The van der Waals surface area contributed by atoms with Gasteiger partial charge in [0.15, 0.2) is 17.5 Å². The third-order valence-electron chi connectivity index (χ3n) is 5.60. The minimum absolute atomic E-state index is 0.0402. The van der Waals surface area contributed by atoms with Crippen molar-refractivity contribution in [2.45, 2.75) is 6.54 Å². The van der Waals surface area contributed by atoms with Gasteiger partial charge < -0.3 is 10.1 Å². The minimum Gasteiger partial charge on any atom is -0.495 e. The molecule has 0 amide bonds. The molecule has 0 bridgehead atoms. The maximum Gasteiger partial charge on any atom is 0.359 e. The van der Waals surface area contributed by atoms with E-state index in [0.29, 0.717) is 15.5 Å². The molecule has 3 aromatic heterocycles. The second kappa shape index (κ2) is 9.67. The fraction of sp³-hybridized carbons (Fsp3) is 0.125. The van der Waals surface area contributed by atoms with Gasteiger partial charge in [-0.2, -0.15) is 10.1 Å². The summed E-state index contributed by atoms with van der Waals surface area (Å²) in [5.41, 5.74) is -1.07. The van der Waals surface area contributed by atoms with Crippen LogP contribution in [-0.4, -0.2) is 36.0 Å². The van der Waals surface area contributed by atoms with Gasteiger partial charge in [0.05, 0.1) is 48.0 Å². The number of methoxy groups -OCH3 is 1. The molecule has 5 rings (SSSR count). The first-order valence-corrected chi connectivity index (χ1v) is 11.3. The number of halogens is 4. The fourth-order valence-electron chi connectivity index (χ4n) is 3.86. The lowest BCUT2D eigenvalue weighted by Gasteiger charge is -2.16. The lowest BCUT2D eigenvalue weighted by atomic mass is 10.2. The number of fused-ring (bicyclic) bond motifs is 1. The molecule has 0 unspecified atom stereocenters. The van der Waals surface area contributed by atoms with Crippen molar-refractivity contribution >= 4 is 34.1 Å². The number of hydrogen-bond donors (Lipinski definition) is 1. The summed E-state index contributed by atoms with van der Waals surface area (Å²) in [6, 6.07) is 6.09. The summed E-state index contributed by atoms with van der Waals surface area (Å²) in [4.78, 5) is 34.6. The van der Waals surface area contributed by atoms with Gasteiger partial charge in [0.25, 0.3) is 0 Å². The van der Waals surface area contributed by atoms with Crippen LogP contribution in [0.3, 0.4) is 0 Å². The molecule has 0 radical (unpaired) electrons.